The van der Waals surface area contributed by atoms with Gasteiger partial charge in [0.15, 0.2) is 6.61 Å². The first-order chi connectivity index (χ1) is 12.1. The van der Waals surface area contributed by atoms with Gasteiger partial charge in [0.05, 0.1) is 19.3 Å². The molecule has 25 heavy (non-hydrogen) atoms. The lowest BCUT2D eigenvalue weighted by Crippen LogP contribution is -2.45. The van der Waals surface area contributed by atoms with E-state index in [4.69, 9.17) is 14.2 Å². The fourth-order valence-electron chi connectivity index (χ4n) is 3.60. The molecule has 2 saturated heterocycles. The van der Waals surface area contributed by atoms with Crippen molar-refractivity contribution in [1.29, 1.82) is 0 Å². The van der Waals surface area contributed by atoms with Crippen molar-refractivity contribution in [3.8, 4) is 5.75 Å². The maximum Gasteiger partial charge on any atom is 0.260 e. The SMILES string of the molecule is CCOCC1CC2(CCN(C(=O)COc3ccc(F)cc3)CC2)CO1. The van der Waals surface area contributed by atoms with Crippen LogP contribution in [0.1, 0.15) is 26.2 Å². The summed E-state index contributed by atoms with van der Waals surface area (Å²) >= 11 is 0. The van der Waals surface area contributed by atoms with Crippen LogP contribution in [0.5, 0.6) is 5.75 Å². The summed E-state index contributed by atoms with van der Waals surface area (Å²) in [6.45, 7) is 5.58. The van der Waals surface area contributed by atoms with Gasteiger partial charge in [0.25, 0.3) is 5.91 Å². The zero-order valence-electron chi connectivity index (χ0n) is 14.7. The second-order valence-corrected chi connectivity index (χ2v) is 6.92. The first kappa shape index (κ1) is 18.1. The third kappa shape index (κ3) is 4.70. The monoisotopic (exact) mass is 351 g/mol. The van der Waals surface area contributed by atoms with E-state index < -0.39 is 0 Å². The van der Waals surface area contributed by atoms with Gasteiger partial charge in [-0.3, -0.25) is 4.79 Å². The second kappa shape index (κ2) is 8.15. The van der Waals surface area contributed by atoms with E-state index in [1.807, 2.05) is 11.8 Å². The van der Waals surface area contributed by atoms with Gasteiger partial charge in [0.2, 0.25) is 0 Å². The van der Waals surface area contributed by atoms with E-state index >= 15 is 0 Å². The quantitative estimate of drug-likeness (QED) is 0.791. The number of carbonyl (C=O) groups excluding carboxylic acids is 1. The Morgan fingerprint density at radius 3 is 2.72 bits per heavy atom. The summed E-state index contributed by atoms with van der Waals surface area (Å²) in [5, 5.41) is 0. The maximum atomic E-state index is 12.9. The first-order valence-corrected chi connectivity index (χ1v) is 8.96. The van der Waals surface area contributed by atoms with Gasteiger partial charge in [0.1, 0.15) is 11.6 Å². The summed E-state index contributed by atoms with van der Waals surface area (Å²) in [5.41, 5.74) is 0.191. The third-order valence-corrected chi connectivity index (χ3v) is 5.15. The van der Waals surface area contributed by atoms with Crippen LogP contribution in [-0.2, 0) is 14.3 Å². The molecule has 5 nitrogen and oxygen atoms in total. The van der Waals surface area contributed by atoms with Crippen molar-refractivity contribution in [3.63, 3.8) is 0 Å². The van der Waals surface area contributed by atoms with Crippen LogP contribution in [0, 0.1) is 11.2 Å². The Kier molecular flexibility index (Phi) is 5.91. The molecule has 1 unspecified atom stereocenters. The molecule has 0 radical (unpaired) electrons. The largest absolute Gasteiger partial charge is 0.484 e. The minimum Gasteiger partial charge on any atom is -0.484 e. The van der Waals surface area contributed by atoms with Gasteiger partial charge in [-0.25, -0.2) is 4.39 Å². The smallest absolute Gasteiger partial charge is 0.260 e. The molecule has 0 aromatic heterocycles. The number of ether oxygens (including phenoxy) is 3. The third-order valence-electron chi connectivity index (χ3n) is 5.15. The number of benzene rings is 1. The van der Waals surface area contributed by atoms with Gasteiger partial charge in [-0.1, -0.05) is 0 Å². The number of hydrogen-bond donors (Lipinski definition) is 0. The van der Waals surface area contributed by atoms with Crippen LogP contribution < -0.4 is 4.74 Å². The molecule has 1 atom stereocenters. The molecular formula is C19H26FNO4. The number of nitrogens with zero attached hydrogens (tertiary/aromatic N) is 1. The number of piperidine rings is 1. The number of amides is 1. The molecule has 1 aromatic carbocycles. The average molecular weight is 351 g/mol. The molecule has 0 saturated carbocycles. The minimum absolute atomic E-state index is 0.0118. The van der Waals surface area contributed by atoms with Gasteiger partial charge in [-0.05, 0) is 55.9 Å². The number of carbonyl (C=O) groups is 1. The molecule has 0 bridgehead atoms. The van der Waals surface area contributed by atoms with E-state index in [-0.39, 0.29) is 29.9 Å². The van der Waals surface area contributed by atoms with E-state index in [9.17, 15) is 9.18 Å². The Labute approximate surface area is 148 Å². The second-order valence-electron chi connectivity index (χ2n) is 6.92. The van der Waals surface area contributed by atoms with Crippen molar-refractivity contribution in [2.24, 2.45) is 5.41 Å². The highest BCUT2D eigenvalue weighted by Gasteiger charge is 2.43. The lowest BCUT2D eigenvalue weighted by molar-refractivity contribution is -0.135. The summed E-state index contributed by atoms with van der Waals surface area (Å²) in [5.74, 6) is 0.163. The molecule has 2 aliphatic heterocycles. The Balaban J connectivity index is 1.42. The van der Waals surface area contributed by atoms with Crippen LogP contribution in [-0.4, -0.2) is 56.4 Å². The number of halogens is 1. The van der Waals surface area contributed by atoms with Crippen LogP contribution in [0.4, 0.5) is 4.39 Å². The number of rotatable bonds is 6. The molecule has 1 amide bonds. The van der Waals surface area contributed by atoms with Crippen LogP contribution in [0.25, 0.3) is 0 Å². The fourth-order valence-corrected chi connectivity index (χ4v) is 3.60. The molecule has 2 heterocycles. The lowest BCUT2D eigenvalue weighted by Gasteiger charge is -2.38. The topological polar surface area (TPSA) is 48.0 Å². The first-order valence-electron chi connectivity index (χ1n) is 8.96. The Bertz CT molecular complexity index is 569. The van der Waals surface area contributed by atoms with Crippen molar-refractivity contribution in [1.82, 2.24) is 4.90 Å². The molecule has 0 N–H and O–H groups in total. The van der Waals surface area contributed by atoms with E-state index in [2.05, 4.69) is 0 Å². The number of likely N-dealkylation sites (tertiary alicyclic amines) is 1. The van der Waals surface area contributed by atoms with Crippen LogP contribution in [0.2, 0.25) is 0 Å². The van der Waals surface area contributed by atoms with Crippen LogP contribution >= 0.6 is 0 Å². The van der Waals surface area contributed by atoms with Crippen LogP contribution in [0.15, 0.2) is 24.3 Å². The Hall–Kier alpha value is -1.66. The van der Waals surface area contributed by atoms with Gasteiger partial charge < -0.3 is 19.1 Å². The molecule has 6 heteroatoms. The van der Waals surface area contributed by atoms with E-state index in [0.717, 1.165) is 39.0 Å². The molecule has 138 valence electrons. The average Bonchev–Trinajstić information content (AvgIpc) is 3.02. The molecule has 1 aromatic rings. The molecule has 0 aliphatic carbocycles. The van der Waals surface area contributed by atoms with E-state index in [1.54, 1.807) is 0 Å². The number of hydrogen-bond acceptors (Lipinski definition) is 4. The standard InChI is InChI=1S/C19H26FNO4/c1-2-23-12-17-11-19(14-25-17)7-9-21(10-8-19)18(22)13-24-16-5-3-15(20)4-6-16/h3-6,17H,2,7-14H2,1H3. The minimum atomic E-state index is -0.318. The Morgan fingerprint density at radius 2 is 2.04 bits per heavy atom. The predicted octanol–water partition coefficient (Wildman–Crippen LogP) is 2.64. The van der Waals surface area contributed by atoms with Crippen molar-refractivity contribution < 1.29 is 23.4 Å². The summed E-state index contributed by atoms with van der Waals surface area (Å²) in [7, 11) is 0. The maximum absolute atomic E-state index is 12.9. The molecule has 2 fully saturated rings. The molecule has 1 spiro atoms. The summed E-state index contributed by atoms with van der Waals surface area (Å²) < 4.78 is 29.7. The predicted molar refractivity (Wildman–Crippen MR) is 91.0 cm³/mol. The lowest BCUT2D eigenvalue weighted by atomic mass is 9.76. The highest BCUT2D eigenvalue weighted by molar-refractivity contribution is 5.77. The van der Waals surface area contributed by atoms with E-state index in [1.165, 1.54) is 24.3 Å². The normalized spacial score (nSPS) is 22.3. The summed E-state index contributed by atoms with van der Waals surface area (Å²) in [4.78, 5) is 14.2. The molecular weight excluding hydrogens is 325 g/mol. The zero-order valence-corrected chi connectivity index (χ0v) is 14.7. The highest BCUT2D eigenvalue weighted by Crippen LogP contribution is 2.42. The fraction of sp³-hybridized carbons (Fsp3) is 0.632. The van der Waals surface area contributed by atoms with E-state index in [0.29, 0.717) is 19.0 Å². The summed E-state index contributed by atoms with van der Waals surface area (Å²) in [6, 6.07) is 5.71. The van der Waals surface area contributed by atoms with Gasteiger partial charge in [-0.15, -0.1) is 0 Å². The Morgan fingerprint density at radius 1 is 1.32 bits per heavy atom. The highest BCUT2D eigenvalue weighted by atomic mass is 19.1. The van der Waals surface area contributed by atoms with Crippen LogP contribution in [0.3, 0.4) is 0 Å². The molecule has 2 aliphatic rings. The van der Waals surface area contributed by atoms with Crippen molar-refractivity contribution >= 4 is 5.91 Å². The zero-order chi connectivity index (χ0) is 17.7. The summed E-state index contributed by atoms with van der Waals surface area (Å²) in [6.07, 6.45) is 3.11. The van der Waals surface area contributed by atoms with Crippen molar-refractivity contribution in [3.05, 3.63) is 30.1 Å². The van der Waals surface area contributed by atoms with Gasteiger partial charge in [-0.2, -0.15) is 0 Å². The molecule has 3 rings (SSSR count). The van der Waals surface area contributed by atoms with Gasteiger partial charge >= 0.3 is 0 Å². The van der Waals surface area contributed by atoms with Crippen molar-refractivity contribution in [2.75, 3.05) is 39.5 Å². The van der Waals surface area contributed by atoms with Gasteiger partial charge in [0, 0.05) is 19.7 Å². The van der Waals surface area contributed by atoms with Crippen molar-refractivity contribution in [2.45, 2.75) is 32.3 Å².